The SMILES string of the molecule is C[C@H](N)c1ccc(OCc2ccccc2)cc1O.Cl. The van der Waals surface area contributed by atoms with Crippen molar-refractivity contribution in [2.24, 2.45) is 5.73 Å². The Kier molecular flexibility index (Phi) is 5.67. The number of phenolic OH excluding ortho intramolecular Hbond substituents is 1. The summed E-state index contributed by atoms with van der Waals surface area (Å²) in [6.45, 7) is 2.32. The third-order valence-electron chi connectivity index (χ3n) is 2.74. The Morgan fingerprint density at radius 3 is 2.42 bits per heavy atom. The fourth-order valence-corrected chi connectivity index (χ4v) is 1.74. The van der Waals surface area contributed by atoms with E-state index in [2.05, 4.69) is 0 Å². The molecule has 102 valence electrons. The van der Waals surface area contributed by atoms with Gasteiger partial charge in [-0.05, 0) is 18.6 Å². The van der Waals surface area contributed by atoms with Crippen molar-refractivity contribution in [1.29, 1.82) is 0 Å². The predicted molar refractivity (Wildman–Crippen MR) is 78.7 cm³/mol. The maximum Gasteiger partial charge on any atom is 0.124 e. The van der Waals surface area contributed by atoms with Crippen LogP contribution in [0.2, 0.25) is 0 Å². The first-order valence-electron chi connectivity index (χ1n) is 5.92. The van der Waals surface area contributed by atoms with E-state index in [4.69, 9.17) is 10.5 Å². The number of benzene rings is 2. The molecule has 0 aromatic heterocycles. The number of ether oxygens (including phenoxy) is 1. The second kappa shape index (κ2) is 7.02. The molecule has 0 fully saturated rings. The number of halogens is 1. The zero-order chi connectivity index (χ0) is 13.0. The van der Waals surface area contributed by atoms with Gasteiger partial charge >= 0.3 is 0 Å². The molecule has 2 aromatic rings. The van der Waals surface area contributed by atoms with Crippen molar-refractivity contribution in [3.05, 3.63) is 59.7 Å². The summed E-state index contributed by atoms with van der Waals surface area (Å²) in [5, 5.41) is 9.80. The molecule has 2 rings (SSSR count). The van der Waals surface area contributed by atoms with Gasteiger partial charge in [-0.3, -0.25) is 0 Å². The summed E-state index contributed by atoms with van der Waals surface area (Å²) in [4.78, 5) is 0. The van der Waals surface area contributed by atoms with E-state index in [9.17, 15) is 5.11 Å². The second-order valence-electron chi connectivity index (χ2n) is 4.28. The van der Waals surface area contributed by atoms with E-state index in [0.29, 0.717) is 12.4 Å². The summed E-state index contributed by atoms with van der Waals surface area (Å²) in [7, 11) is 0. The summed E-state index contributed by atoms with van der Waals surface area (Å²) < 4.78 is 5.61. The highest BCUT2D eigenvalue weighted by Gasteiger charge is 2.07. The Labute approximate surface area is 119 Å². The molecule has 19 heavy (non-hydrogen) atoms. The number of hydrogen-bond acceptors (Lipinski definition) is 3. The van der Waals surface area contributed by atoms with Gasteiger partial charge in [0.1, 0.15) is 18.1 Å². The maximum atomic E-state index is 9.80. The summed E-state index contributed by atoms with van der Waals surface area (Å²) in [6, 6.07) is 14.9. The Bertz CT molecular complexity index is 515. The fraction of sp³-hybridized carbons (Fsp3) is 0.200. The molecule has 0 unspecified atom stereocenters. The van der Waals surface area contributed by atoms with Gasteiger partial charge in [0, 0.05) is 17.7 Å². The monoisotopic (exact) mass is 279 g/mol. The minimum Gasteiger partial charge on any atom is -0.507 e. The first-order chi connectivity index (χ1) is 8.66. The van der Waals surface area contributed by atoms with Crippen LogP contribution in [0, 0.1) is 0 Å². The molecule has 4 heteroatoms. The molecule has 1 atom stereocenters. The molecule has 0 aliphatic carbocycles. The second-order valence-corrected chi connectivity index (χ2v) is 4.28. The molecule has 0 bridgehead atoms. The van der Waals surface area contributed by atoms with Crippen LogP contribution in [0.3, 0.4) is 0 Å². The van der Waals surface area contributed by atoms with E-state index < -0.39 is 0 Å². The predicted octanol–water partition coefficient (Wildman–Crippen LogP) is 3.41. The molecular formula is C15H18ClNO2. The van der Waals surface area contributed by atoms with Gasteiger partial charge in [0.25, 0.3) is 0 Å². The van der Waals surface area contributed by atoms with Gasteiger partial charge in [0.15, 0.2) is 0 Å². The van der Waals surface area contributed by atoms with E-state index in [1.807, 2.05) is 43.3 Å². The van der Waals surface area contributed by atoms with Crippen LogP contribution in [0.5, 0.6) is 11.5 Å². The van der Waals surface area contributed by atoms with Crippen molar-refractivity contribution in [3.63, 3.8) is 0 Å². The van der Waals surface area contributed by atoms with E-state index >= 15 is 0 Å². The van der Waals surface area contributed by atoms with Crippen LogP contribution in [-0.2, 0) is 6.61 Å². The number of phenols is 1. The Hall–Kier alpha value is -1.71. The molecule has 3 nitrogen and oxygen atoms in total. The van der Waals surface area contributed by atoms with Gasteiger partial charge in [-0.15, -0.1) is 12.4 Å². The maximum absolute atomic E-state index is 9.80. The lowest BCUT2D eigenvalue weighted by Gasteiger charge is -2.11. The van der Waals surface area contributed by atoms with Gasteiger partial charge in [0.2, 0.25) is 0 Å². The Balaban J connectivity index is 0.00000180. The number of hydrogen-bond donors (Lipinski definition) is 2. The lowest BCUT2D eigenvalue weighted by Crippen LogP contribution is -2.05. The molecular weight excluding hydrogens is 262 g/mol. The molecule has 0 spiro atoms. The summed E-state index contributed by atoms with van der Waals surface area (Å²) in [6.07, 6.45) is 0. The third kappa shape index (κ3) is 4.16. The smallest absolute Gasteiger partial charge is 0.124 e. The molecule has 0 aliphatic heterocycles. The van der Waals surface area contributed by atoms with Crippen LogP contribution in [0.25, 0.3) is 0 Å². The number of nitrogens with two attached hydrogens (primary N) is 1. The summed E-state index contributed by atoms with van der Waals surface area (Å²) in [5.41, 5.74) is 7.54. The standard InChI is InChI=1S/C15H17NO2.ClH/c1-11(16)14-8-7-13(9-15(14)17)18-10-12-5-3-2-4-6-12;/h2-9,11,17H,10,16H2,1H3;1H/t11-;/m0./s1. The zero-order valence-electron chi connectivity index (χ0n) is 10.7. The normalized spacial score (nSPS) is 11.5. The average Bonchev–Trinajstić information content (AvgIpc) is 2.37. The summed E-state index contributed by atoms with van der Waals surface area (Å²) in [5.74, 6) is 0.816. The Morgan fingerprint density at radius 2 is 1.84 bits per heavy atom. The number of aromatic hydroxyl groups is 1. The topological polar surface area (TPSA) is 55.5 Å². The van der Waals surface area contributed by atoms with Gasteiger partial charge < -0.3 is 15.6 Å². The Morgan fingerprint density at radius 1 is 1.16 bits per heavy atom. The molecule has 3 N–H and O–H groups in total. The molecule has 0 saturated heterocycles. The highest BCUT2D eigenvalue weighted by molar-refractivity contribution is 5.85. The minimum absolute atomic E-state index is 0. The van der Waals surface area contributed by atoms with Crippen molar-refractivity contribution in [2.75, 3.05) is 0 Å². The molecule has 2 aromatic carbocycles. The van der Waals surface area contributed by atoms with Gasteiger partial charge in [-0.25, -0.2) is 0 Å². The van der Waals surface area contributed by atoms with E-state index in [1.54, 1.807) is 12.1 Å². The van der Waals surface area contributed by atoms with E-state index in [0.717, 1.165) is 11.1 Å². The van der Waals surface area contributed by atoms with Crippen LogP contribution in [-0.4, -0.2) is 5.11 Å². The highest BCUT2D eigenvalue weighted by Crippen LogP contribution is 2.27. The lowest BCUT2D eigenvalue weighted by molar-refractivity contribution is 0.304. The average molecular weight is 280 g/mol. The van der Waals surface area contributed by atoms with Crippen LogP contribution in [0.15, 0.2) is 48.5 Å². The van der Waals surface area contributed by atoms with Gasteiger partial charge in [-0.1, -0.05) is 36.4 Å². The zero-order valence-corrected chi connectivity index (χ0v) is 11.6. The largest absolute Gasteiger partial charge is 0.507 e. The molecule has 0 heterocycles. The highest BCUT2D eigenvalue weighted by atomic mass is 35.5. The molecule has 0 radical (unpaired) electrons. The van der Waals surface area contributed by atoms with Crippen molar-refractivity contribution in [1.82, 2.24) is 0 Å². The minimum atomic E-state index is -0.187. The first-order valence-corrected chi connectivity index (χ1v) is 5.92. The van der Waals surface area contributed by atoms with E-state index in [-0.39, 0.29) is 24.2 Å². The molecule has 0 amide bonds. The van der Waals surface area contributed by atoms with Crippen LogP contribution in [0.1, 0.15) is 24.1 Å². The van der Waals surface area contributed by atoms with Crippen LogP contribution in [0.4, 0.5) is 0 Å². The van der Waals surface area contributed by atoms with Gasteiger partial charge in [-0.2, -0.15) is 0 Å². The summed E-state index contributed by atoms with van der Waals surface area (Å²) >= 11 is 0. The molecule has 0 saturated carbocycles. The van der Waals surface area contributed by atoms with Crippen molar-refractivity contribution < 1.29 is 9.84 Å². The fourth-order valence-electron chi connectivity index (χ4n) is 1.74. The van der Waals surface area contributed by atoms with E-state index in [1.165, 1.54) is 0 Å². The van der Waals surface area contributed by atoms with Gasteiger partial charge in [0.05, 0.1) is 0 Å². The van der Waals surface area contributed by atoms with Crippen molar-refractivity contribution in [2.45, 2.75) is 19.6 Å². The third-order valence-corrected chi connectivity index (χ3v) is 2.74. The number of rotatable bonds is 4. The van der Waals surface area contributed by atoms with Crippen molar-refractivity contribution >= 4 is 12.4 Å². The molecule has 0 aliphatic rings. The van der Waals surface area contributed by atoms with Crippen LogP contribution >= 0.6 is 12.4 Å². The van der Waals surface area contributed by atoms with Crippen LogP contribution < -0.4 is 10.5 Å². The first kappa shape index (κ1) is 15.3. The van der Waals surface area contributed by atoms with Crippen molar-refractivity contribution in [3.8, 4) is 11.5 Å². The lowest BCUT2D eigenvalue weighted by atomic mass is 10.1. The quantitative estimate of drug-likeness (QED) is 0.902.